The van der Waals surface area contributed by atoms with Crippen molar-refractivity contribution in [2.24, 2.45) is 0 Å². The van der Waals surface area contributed by atoms with E-state index in [1.54, 1.807) is 0 Å². The molecule has 0 aliphatic carbocycles. The zero-order valence-corrected chi connectivity index (χ0v) is 39.1. The molecule has 1 unspecified atom stereocenters. The van der Waals surface area contributed by atoms with Crippen LogP contribution in [0.3, 0.4) is 0 Å². The van der Waals surface area contributed by atoms with E-state index in [-0.39, 0.29) is 18.5 Å². The van der Waals surface area contributed by atoms with Gasteiger partial charge in [0.25, 0.3) is 0 Å². The lowest BCUT2D eigenvalue weighted by Crippen LogP contribution is -2.30. The van der Waals surface area contributed by atoms with Crippen molar-refractivity contribution in [2.45, 2.75) is 271 Å². The Bertz CT molecular complexity index is 924. The van der Waals surface area contributed by atoms with E-state index in [1.165, 1.54) is 167 Å². The van der Waals surface area contributed by atoms with Crippen LogP contribution in [-0.4, -0.2) is 37.9 Å². The lowest BCUT2D eigenvalue weighted by molar-refractivity contribution is -0.163. The second-order valence-corrected chi connectivity index (χ2v) is 17.1. The van der Waals surface area contributed by atoms with Gasteiger partial charge in [-0.05, 0) is 51.4 Å². The molecular weight excluding hydrogens is 717 g/mol. The van der Waals surface area contributed by atoms with E-state index in [0.717, 1.165) is 64.2 Å². The number of hydrogen-bond acceptors (Lipinski definition) is 5. The first-order valence-corrected chi connectivity index (χ1v) is 25.5. The summed E-state index contributed by atoms with van der Waals surface area (Å²) in [5.74, 6) is -0.402. The summed E-state index contributed by atoms with van der Waals surface area (Å²) in [5.41, 5.74) is 0. The lowest BCUT2D eigenvalue weighted by Gasteiger charge is -2.18. The van der Waals surface area contributed by atoms with Gasteiger partial charge in [-0.1, -0.05) is 237 Å². The molecule has 0 aromatic carbocycles. The van der Waals surface area contributed by atoms with Crippen molar-refractivity contribution in [1.29, 1.82) is 0 Å². The minimum Gasteiger partial charge on any atom is -0.462 e. The van der Waals surface area contributed by atoms with Crippen molar-refractivity contribution in [2.75, 3.05) is 19.8 Å². The molecule has 5 nitrogen and oxygen atoms in total. The predicted molar refractivity (Wildman–Crippen MR) is 252 cm³/mol. The minimum atomic E-state index is -0.532. The summed E-state index contributed by atoms with van der Waals surface area (Å²) in [5, 5.41) is 0. The van der Waals surface area contributed by atoms with E-state index in [2.05, 4.69) is 57.2 Å². The van der Waals surface area contributed by atoms with Gasteiger partial charge in [0.2, 0.25) is 0 Å². The molecular formula is C53H98O5. The summed E-state index contributed by atoms with van der Waals surface area (Å²) < 4.78 is 17.3. The van der Waals surface area contributed by atoms with Crippen LogP contribution in [0.2, 0.25) is 0 Å². The van der Waals surface area contributed by atoms with Crippen LogP contribution in [0.25, 0.3) is 0 Å². The van der Waals surface area contributed by atoms with Gasteiger partial charge < -0.3 is 14.2 Å². The second-order valence-electron chi connectivity index (χ2n) is 17.1. The van der Waals surface area contributed by atoms with Gasteiger partial charge in [0.1, 0.15) is 6.61 Å². The minimum absolute atomic E-state index is 0.0851. The maximum atomic E-state index is 12.7. The molecule has 0 aromatic heterocycles. The van der Waals surface area contributed by atoms with Crippen LogP contribution in [0.5, 0.6) is 0 Å². The molecule has 58 heavy (non-hydrogen) atoms. The maximum absolute atomic E-state index is 12.7. The summed E-state index contributed by atoms with van der Waals surface area (Å²) in [7, 11) is 0. The SMILES string of the molecule is CC/C=C\C/C=C\C/C=C\CCCCCCCCCC(=O)OCC(COCCCCCCCCCCCCCCCCCCCC)OC(=O)CCCCCCCCC. The first kappa shape index (κ1) is 56.1. The van der Waals surface area contributed by atoms with Gasteiger partial charge in [0.15, 0.2) is 6.10 Å². The molecule has 0 saturated carbocycles. The van der Waals surface area contributed by atoms with Crippen molar-refractivity contribution >= 4 is 11.9 Å². The van der Waals surface area contributed by atoms with E-state index < -0.39 is 6.10 Å². The van der Waals surface area contributed by atoms with Gasteiger partial charge in [-0.25, -0.2) is 0 Å². The van der Waals surface area contributed by atoms with E-state index in [0.29, 0.717) is 26.1 Å². The highest BCUT2D eigenvalue weighted by Gasteiger charge is 2.17. The molecule has 0 bridgehead atoms. The molecule has 5 heteroatoms. The van der Waals surface area contributed by atoms with Crippen molar-refractivity contribution in [1.82, 2.24) is 0 Å². The monoisotopic (exact) mass is 815 g/mol. The highest BCUT2D eigenvalue weighted by Crippen LogP contribution is 2.16. The summed E-state index contributed by atoms with van der Waals surface area (Å²) >= 11 is 0. The van der Waals surface area contributed by atoms with E-state index in [4.69, 9.17) is 14.2 Å². The number of hydrogen-bond donors (Lipinski definition) is 0. The third kappa shape index (κ3) is 46.8. The summed E-state index contributed by atoms with van der Waals surface area (Å²) in [6.07, 6.45) is 58.8. The zero-order chi connectivity index (χ0) is 42.1. The number of ether oxygens (including phenoxy) is 3. The molecule has 1 atom stereocenters. The van der Waals surface area contributed by atoms with Crippen LogP contribution < -0.4 is 0 Å². The number of carbonyl (C=O) groups excluding carboxylic acids is 2. The van der Waals surface area contributed by atoms with Gasteiger partial charge in [-0.15, -0.1) is 0 Å². The number of rotatable bonds is 47. The maximum Gasteiger partial charge on any atom is 0.306 e. The molecule has 0 saturated heterocycles. The molecule has 0 radical (unpaired) electrons. The summed E-state index contributed by atoms with van der Waals surface area (Å²) in [6.45, 7) is 7.72. The smallest absolute Gasteiger partial charge is 0.306 e. The van der Waals surface area contributed by atoms with Gasteiger partial charge in [0.05, 0.1) is 6.61 Å². The van der Waals surface area contributed by atoms with Crippen LogP contribution in [-0.2, 0) is 23.8 Å². The zero-order valence-electron chi connectivity index (χ0n) is 39.1. The van der Waals surface area contributed by atoms with Crippen molar-refractivity contribution in [3.8, 4) is 0 Å². The van der Waals surface area contributed by atoms with Gasteiger partial charge >= 0.3 is 11.9 Å². The van der Waals surface area contributed by atoms with Crippen LogP contribution in [0.4, 0.5) is 0 Å². The van der Waals surface area contributed by atoms with E-state index in [9.17, 15) is 9.59 Å². The van der Waals surface area contributed by atoms with Gasteiger partial charge in [0, 0.05) is 19.4 Å². The van der Waals surface area contributed by atoms with Gasteiger partial charge in [-0.2, -0.15) is 0 Å². The topological polar surface area (TPSA) is 61.8 Å². The Morgan fingerprint density at radius 3 is 1.24 bits per heavy atom. The normalized spacial score (nSPS) is 12.4. The molecule has 0 N–H and O–H groups in total. The quantitative estimate of drug-likeness (QED) is 0.0348. The Labute approximate surface area is 361 Å². The van der Waals surface area contributed by atoms with Gasteiger partial charge in [-0.3, -0.25) is 9.59 Å². The number of allylic oxidation sites excluding steroid dienone is 6. The molecule has 0 aromatic rings. The molecule has 340 valence electrons. The van der Waals surface area contributed by atoms with Crippen molar-refractivity contribution in [3.63, 3.8) is 0 Å². The van der Waals surface area contributed by atoms with Crippen molar-refractivity contribution in [3.05, 3.63) is 36.5 Å². The second kappa shape index (κ2) is 49.5. The Morgan fingerprint density at radius 1 is 0.397 bits per heavy atom. The molecule has 0 fully saturated rings. The molecule has 0 rings (SSSR count). The number of esters is 2. The Hall–Kier alpha value is -1.88. The summed E-state index contributed by atoms with van der Waals surface area (Å²) in [6, 6.07) is 0. The average Bonchev–Trinajstić information content (AvgIpc) is 3.22. The molecule has 0 heterocycles. The number of carbonyl (C=O) groups is 2. The Kier molecular flexibility index (Phi) is 47.9. The highest BCUT2D eigenvalue weighted by molar-refractivity contribution is 5.70. The average molecular weight is 815 g/mol. The standard InChI is InChI=1S/C53H98O5/c1-4-7-10-13-16-18-20-22-24-26-28-30-32-34-36-39-42-45-48-56-49-51(58-53(55)47-44-41-37-15-12-9-6-3)50-57-52(54)46-43-40-38-35-33-31-29-27-25-23-21-19-17-14-11-8-5-2/h8,11,17,19,23,25,51H,4-7,9-10,12-16,18,20-22,24,26-50H2,1-3H3/b11-8-,19-17-,25-23-. The molecule has 0 amide bonds. The third-order valence-corrected chi connectivity index (χ3v) is 11.2. The largest absolute Gasteiger partial charge is 0.462 e. The fourth-order valence-electron chi connectivity index (χ4n) is 7.41. The van der Waals surface area contributed by atoms with Crippen LogP contribution in [0.15, 0.2) is 36.5 Å². The molecule has 0 aliphatic heterocycles. The fraction of sp³-hybridized carbons (Fsp3) is 0.849. The van der Waals surface area contributed by atoms with Crippen molar-refractivity contribution < 1.29 is 23.8 Å². The van der Waals surface area contributed by atoms with Crippen LogP contribution in [0.1, 0.15) is 265 Å². The third-order valence-electron chi connectivity index (χ3n) is 11.2. The van der Waals surface area contributed by atoms with E-state index >= 15 is 0 Å². The number of unbranched alkanes of at least 4 members (excludes halogenated alkanes) is 30. The highest BCUT2D eigenvalue weighted by atomic mass is 16.6. The van der Waals surface area contributed by atoms with Crippen LogP contribution >= 0.6 is 0 Å². The first-order chi connectivity index (χ1) is 28.6. The molecule has 0 spiro atoms. The van der Waals surface area contributed by atoms with Crippen LogP contribution in [0, 0.1) is 0 Å². The molecule has 0 aliphatic rings. The Morgan fingerprint density at radius 2 is 0.776 bits per heavy atom. The predicted octanol–water partition coefficient (Wildman–Crippen LogP) is 17.0. The first-order valence-electron chi connectivity index (χ1n) is 25.5. The summed E-state index contributed by atoms with van der Waals surface area (Å²) in [4.78, 5) is 25.2. The Balaban J connectivity index is 4.08. The fourth-order valence-corrected chi connectivity index (χ4v) is 7.41. The van der Waals surface area contributed by atoms with E-state index in [1.807, 2.05) is 0 Å². The lowest BCUT2D eigenvalue weighted by atomic mass is 10.0.